The minimum absolute atomic E-state index is 0.106. The van der Waals surface area contributed by atoms with Gasteiger partial charge < -0.3 is 20.5 Å². The molecule has 1 aromatic heterocycles. The molecule has 0 radical (unpaired) electrons. The second-order valence-electron chi connectivity index (χ2n) is 8.67. The minimum atomic E-state index is -1.34. The van der Waals surface area contributed by atoms with E-state index in [0.717, 1.165) is 27.1 Å². The van der Waals surface area contributed by atoms with Crippen molar-refractivity contribution >= 4 is 29.3 Å². The summed E-state index contributed by atoms with van der Waals surface area (Å²) in [6.07, 6.45) is 1.19. The van der Waals surface area contributed by atoms with Crippen molar-refractivity contribution in [3.05, 3.63) is 76.2 Å². The molecule has 0 aliphatic heterocycles. The van der Waals surface area contributed by atoms with Crippen LogP contribution in [0.15, 0.2) is 60.2 Å². The summed E-state index contributed by atoms with van der Waals surface area (Å²) in [5, 5.41) is 14.8. The fourth-order valence-electron chi connectivity index (χ4n) is 4.23. The summed E-state index contributed by atoms with van der Waals surface area (Å²) < 4.78 is 5.57. The number of fused-ring (bicyclic) bond motifs is 3. The van der Waals surface area contributed by atoms with Crippen LogP contribution in [0.5, 0.6) is 0 Å². The third-order valence-electron chi connectivity index (χ3n) is 6.42. The number of benzene rings is 2. The first-order chi connectivity index (χ1) is 16.8. The zero-order valence-corrected chi connectivity index (χ0v) is 20.3. The van der Waals surface area contributed by atoms with Gasteiger partial charge in [0.2, 0.25) is 5.91 Å². The zero-order chi connectivity index (χ0) is 25.0. The molecule has 35 heavy (non-hydrogen) atoms. The molecular weight excluding hydrogens is 466 g/mol. The van der Waals surface area contributed by atoms with Gasteiger partial charge in [0.1, 0.15) is 18.2 Å². The summed E-state index contributed by atoms with van der Waals surface area (Å²) in [6, 6.07) is 14.9. The Labute approximate surface area is 207 Å². The number of thiazole rings is 1. The van der Waals surface area contributed by atoms with E-state index in [-0.39, 0.29) is 25.4 Å². The van der Waals surface area contributed by atoms with E-state index in [0.29, 0.717) is 0 Å². The lowest BCUT2D eigenvalue weighted by molar-refractivity contribution is -0.142. The molecular formula is C26H27N3O5S. The number of amides is 2. The molecule has 3 N–H and O–H groups in total. The second-order valence-corrected chi connectivity index (χ2v) is 9.64. The third-order valence-corrected chi connectivity index (χ3v) is 7.22. The van der Waals surface area contributed by atoms with Gasteiger partial charge in [0, 0.05) is 23.4 Å². The van der Waals surface area contributed by atoms with Gasteiger partial charge in [-0.3, -0.25) is 9.78 Å². The SMILES string of the molecule is CCC(C)(NC(=O)OCC1c2ccccc2-c2ccccc21)C(=O)NC(Cc1cncs1)C(=O)O. The van der Waals surface area contributed by atoms with Crippen LogP contribution < -0.4 is 10.6 Å². The van der Waals surface area contributed by atoms with Crippen LogP contribution in [0.1, 0.15) is 42.2 Å². The van der Waals surface area contributed by atoms with Gasteiger partial charge in [-0.15, -0.1) is 11.3 Å². The molecule has 9 heteroatoms. The average Bonchev–Trinajstić information content (AvgIpc) is 3.48. The standard InChI is InChI=1S/C26H27N3O5S/c1-3-26(2,24(32)28-22(23(30)31)12-16-13-27-15-35-16)29-25(33)34-14-21-19-10-6-4-8-17(19)18-9-5-7-11-20(18)21/h4-11,13,15,21-22H,3,12,14H2,1-2H3,(H,28,32)(H,29,33)(H,30,31). The number of ether oxygens (including phenoxy) is 1. The molecule has 1 aliphatic carbocycles. The van der Waals surface area contributed by atoms with Gasteiger partial charge in [0.05, 0.1) is 5.51 Å². The number of carboxylic acids is 1. The van der Waals surface area contributed by atoms with Crippen molar-refractivity contribution in [3.8, 4) is 11.1 Å². The van der Waals surface area contributed by atoms with Gasteiger partial charge in [-0.1, -0.05) is 55.5 Å². The average molecular weight is 494 g/mol. The van der Waals surface area contributed by atoms with Gasteiger partial charge in [0.15, 0.2) is 0 Å². The van der Waals surface area contributed by atoms with Crippen molar-refractivity contribution in [2.45, 2.75) is 44.2 Å². The van der Waals surface area contributed by atoms with E-state index in [4.69, 9.17) is 4.74 Å². The summed E-state index contributed by atoms with van der Waals surface area (Å²) in [4.78, 5) is 42.1. The van der Waals surface area contributed by atoms with E-state index < -0.39 is 29.6 Å². The van der Waals surface area contributed by atoms with E-state index in [2.05, 4.69) is 27.8 Å². The van der Waals surface area contributed by atoms with Crippen molar-refractivity contribution in [2.24, 2.45) is 0 Å². The molecule has 0 saturated carbocycles. The highest BCUT2D eigenvalue weighted by Gasteiger charge is 2.37. The van der Waals surface area contributed by atoms with Crippen LogP contribution in [0.25, 0.3) is 11.1 Å². The first-order valence-corrected chi connectivity index (χ1v) is 12.2. The summed E-state index contributed by atoms with van der Waals surface area (Å²) in [5.74, 6) is -1.86. The van der Waals surface area contributed by atoms with E-state index in [9.17, 15) is 19.5 Å². The zero-order valence-electron chi connectivity index (χ0n) is 19.5. The number of alkyl carbamates (subject to hydrolysis) is 1. The Balaban J connectivity index is 1.41. The maximum atomic E-state index is 13.0. The number of rotatable bonds is 9. The molecule has 0 bridgehead atoms. The van der Waals surface area contributed by atoms with E-state index in [1.54, 1.807) is 25.6 Å². The Morgan fingerprint density at radius 1 is 1.11 bits per heavy atom. The lowest BCUT2D eigenvalue weighted by Gasteiger charge is -2.29. The number of carbonyl (C=O) groups is 3. The molecule has 0 spiro atoms. The molecule has 8 nitrogen and oxygen atoms in total. The maximum absolute atomic E-state index is 13.0. The highest BCUT2D eigenvalue weighted by Crippen LogP contribution is 2.44. The fourth-order valence-corrected chi connectivity index (χ4v) is 4.87. The minimum Gasteiger partial charge on any atom is -0.480 e. The Hall–Kier alpha value is -3.72. The monoisotopic (exact) mass is 493 g/mol. The summed E-state index contributed by atoms with van der Waals surface area (Å²) in [5.41, 5.74) is 4.68. The van der Waals surface area contributed by atoms with E-state index in [1.165, 1.54) is 11.3 Å². The van der Waals surface area contributed by atoms with E-state index in [1.807, 2.05) is 36.4 Å². The number of hydrogen-bond donors (Lipinski definition) is 3. The van der Waals surface area contributed by atoms with Gasteiger partial charge in [-0.2, -0.15) is 0 Å². The molecule has 2 amide bonds. The molecule has 4 rings (SSSR count). The molecule has 0 saturated heterocycles. The highest BCUT2D eigenvalue weighted by atomic mass is 32.1. The molecule has 3 aromatic rings. The molecule has 2 aromatic carbocycles. The lowest BCUT2D eigenvalue weighted by atomic mass is 9.97. The molecule has 1 heterocycles. The number of hydrogen-bond acceptors (Lipinski definition) is 6. The first kappa shape index (κ1) is 24.4. The Morgan fingerprint density at radius 3 is 2.29 bits per heavy atom. The van der Waals surface area contributed by atoms with Crippen LogP contribution in [0, 0.1) is 0 Å². The summed E-state index contributed by atoms with van der Waals surface area (Å²) >= 11 is 1.31. The van der Waals surface area contributed by atoms with Crippen LogP contribution in [-0.2, 0) is 20.7 Å². The van der Waals surface area contributed by atoms with Gasteiger partial charge >= 0.3 is 12.1 Å². The van der Waals surface area contributed by atoms with Crippen molar-refractivity contribution in [3.63, 3.8) is 0 Å². The predicted molar refractivity (Wildman–Crippen MR) is 132 cm³/mol. The topological polar surface area (TPSA) is 118 Å². The number of aliphatic carboxylic acids is 1. The number of nitrogens with zero attached hydrogens (tertiary/aromatic N) is 1. The fraction of sp³-hybridized carbons (Fsp3) is 0.308. The van der Waals surface area contributed by atoms with Crippen LogP contribution in [0.2, 0.25) is 0 Å². The summed E-state index contributed by atoms with van der Waals surface area (Å²) in [7, 11) is 0. The molecule has 1 aliphatic rings. The van der Waals surface area contributed by atoms with Crippen molar-refractivity contribution in [1.29, 1.82) is 0 Å². The number of carboxylic acid groups (broad SMARTS) is 1. The van der Waals surface area contributed by atoms with Gasteiger partial charge in [-0.05, 0) is 35.6 Å². The van der Waals surface area contributed by atoms with Gasteiger partial charge in [-0.25, -0.2) is 9.59 Å². The number of aromatic nitrogens is 1. The lowest BCUT2D eigenvalue weighted by Crippen LogP contribution is -2.59. The quantitative estimate of drug-likeness (QED) is 0.415. The number of nitrogens with one attached hydrogen (secondary N) is 2. The van der Waals surface area contributed by atoms with Crippen molar-refractivity contribution in [1.82, 2.24) is 15.6 Å². The van der Waals surface area contributed by atoms with Crippen LogP contribution in [-0.4, -0.2) is 46.2 Å². The van der Waals surface area contributed by atoms with Crippen LogP contribution in [0.3, 0.4) is 0 Å². The second kappa shape index (κ2) is 10.3. The molecule has 2 unspecified atom stereocenters. The highest BCUT2D eigenvalue weighted by molar-refractivity contribution is 7.09. The molecule has 2 atom stereocenters. The van der Waals surface area contributed by atoms with Crippen LogP contribution >= 0.6 is 11.3 Å². The normalized spacial score (nSPS) is 14.8. The maximum Gasteiger partial charge on any atom is 0.408 e. The number of carbonyl (C=O) groups excluding carboxylic acids is 2. The Kier molecular flexibility index (Phi) is 7.16. The largest absolute Gasteiger partial charge is 0.480 e. The Morgan fingerprint density at radius 2 is 1.74 bits per heavy atom. The molecule has 0 fully saturated rings. The van der Waals surface area contributed by atoms with Crippen LogP contribution in [0.4, 0.5) is 4.79 Å². The van der Waals surface area contributed by atoms with Crippen molar-refractivity contribution in [2.75, 3.05) is 6.61 Å². The smallest absolute Gasteiger partial charge is 0.408 e. The third kappa shape index (κ3) is 5.19. The predicted octanol–water partition coefficient (Wildman–Crippen LogP) is 3.96. The van der Waals surface area contributed by atoms with E-state index >= 15 is 0 Å². The first-order valence-electron chi connectivity index (χ1n) is 11.4. The summed E-state index contributed by atoms with van der Waals surface area (Å²) in [6.45, 7) is 3.40. The molecule has 182 valence electrons. The van der Waals surface area contributed by atoms with Gasteiger partial charge in [0.25, 0.3) is 0 Å². The Bertz CT molecular complexity index is 1180. The van der Waals surface area contributed by atoms with Crippen molar-refractivity contribution < 1.29 is 24.2 Å².